The quantitative estimate of drug-likeness (QED) is 0.908. The third kappa shape index (κ3) is 4.32. The molecule has 1 fully saturated rings. The lowest BCUT2D eigenvalue weighted by Crippen LogP contribution is -2.33. The second-order valence-electron chi connectivity index (χ2n) is 5.97. The van der Waals surface area contributed by atoms with Crippen LogP contribution < -0.4 is 0 Å². The van der Waals surface area contributed by atoms with Gasteiger partial charge in [-0.25, -0.2) is 8.42 Å². The third-order valence-electron chi connectivity index (χ3n) is 4.39. The van der Waals surface area contributed by atoms with Crippen molar-refractivity contribution in [3.05, 3.63) is 35.9 Å². The minimum absolute atomic E-state index is 0.132. The van der Waals surface area contributed by atoms with E-state index < -0.39 is 9.84 Å². The fraction of sp³-hybridized carbons (Fsp3) is 0.625. The molecule has 20 heavy (non-hydrogen) atoms. The lowest BCUT2D eigenvalue weighted by atomic mass is 9.83. The van der Waals surface area contributed by atoms with E-state index in [4.69, 9.17) is 0 Å². The van der Waals surface area contributed by atoms with Gasteiger partial charge in [0.15, 0.2) is 0 Å². The van der Waals surface area contributed by atoms with Crippen molar-refractivity contribution in [2.24, 2.45) is 5.92 Å². The summed E-state index contributed by atoms with van der Waals surface area (Å²) in [7, 11) is -2.97. The molecule has 1 aliphatic rings. The first-order valence-electron chi connectivity index (χ1n) is 7.37. The zero-order valence-electron chi connectivity index (χ0n) is 12.0. The largest absolute Gasteiger partial charge is 0.393 e. The van der Waals surface area contributed by atoms with E-state index in [2.05, 4.69) is 12.1 Å². The first kappa shape index (κ1) is 15.5. The van der Waals surface area contributed by atoms with E-state index in [0.717, 1.165) is 25.7 Å². The molecule has 0 aromatic heterocycles. The van der Waals surface area contributed by atoms with Gasteiger partial charge in [0.1, 0.15) is 9.84 Å². The van der Waals surface area contributed by atoms with Crippen LogP contribution in [0, 0.1) is 5.92 Å². The van der Waals surface area contributed by atoms with Crippen LogP contribution in [-0.4, -0.2) is 31.1 Å². The molecule has 3 nitrogen and oxygen atoms in total. The molecule has 3 atom stereocenters. The predicted octanol–water partition coefficient (Wildman–Crippen LogP) is 2.58. The van der Waals surface area contributed by atoms with Gasteiger partial charge in [-0.3, -0.25) is 0 Å². The second-order valence-corrected chi connectivity index (χ2v) is 8.30. The smallest absolute Gasteiger partial charge is 0.150 e. The first-order chi connectivity index (χ1) is 9.47. The average Bonchev–Trinajstić information content (AvgIpc) is 2.45. The van der Waals surface area contributed by atoms with Crippen LogP contribution in [0.25, 0.3) is 0 Å². The number of hydrogen-bond donors (Lipinski definition) is 1. The molecule has 1 saturated carbocycles. The molecule has 0 heterocycles. The Balaban J connectivity index is 1.87. The van der Waals surface area contributed by atoms with Crippen LogP contribution in [0.15, 0.2) is 30.3 Å². The van der Waals surface area contributed by atoms with E-state index in [1.807, 2.05) is 18.2 Å². The Morgan fingerprint density at radius 2 is 1.95 bits per heavy atom. The van der Waals surface area contributed by atoms with Crippen molar-refractivity contribution < 1.29 is 13.5 Å². The van der Waals surface area contributed by atoms with Crippen molar-refractivity contribution in [3.63, 3.8) is 0 Å². The fourth-order valence-electron chi connectivity index (χ4n) is 3.11. The topological polar surface area (TPSA) is 54.4 Å². The van der Waals surface area contributed by atoms with E-state index in [0.29, 0.717) is 12.8 Å². The molecule has 0 saturated heterocycles. The summed E-state index contributed by atoms with van der Waals surface area (Å²) in [5, 5.41) is 10.1. The molecule has 1 aliphatic carbocycles. The zero-order valence-corrected chi connectivity index (χ0v) is 12.8. The van der Waals surface area contributed by atoms with Gasteiger partial charge in [0.25, 0.3) is 0 Å². The van der Waals surface area contributed by atoms with Crippen LogP contribution in [0.3, 0.4) is 0 Å². The molecule has 0 aliphatic heterocycles. The van der Waals surface area contributed by atoms with E-state index in [1.165, 1.54) is 11.8 Å². The number of aliphatic hydroxyl groups is 1. The maximum atomic E-state index is 11.7. The van der Waals surface area contributed by atoms with Gasteiger partial charge in [-0.05, 0) is 43.6 Å². The van der Waals surface area contributed by atoms with Gasteiger partial charge in [0, 0.05) is 6.26 Å². The van der Waals surface area contributed by atoms with Gasteiger partial charge in [-0.1, -0.05) is 36.8 Å². The highest BCUT2D eigenvalue weighted by Crippen LogP contribution is 2.32. The first-order valence-corrected chi connectivity index (χ1v) is 9.33. The summed E-state index contributed by atoms with van der Waals surface area (Å²) < 4.78 is 23.3. The van der Waals surface area contributed by atoms with E-state index >= 15 is 0 Å². The molecule has 1 aromatic rings. The minimum Gasteiger partial charge on any atom is -0.393 e. The lowest BCUT2D eigenvalue weighted by Gasteiger charge is -2.31. The monoisotopic (exact) mass is 296 g/mol. The highest BCUT2D eigenvalue weighted by molar-refractivity contribution is 7.91. The minimum atomic E-state index is -2.97. The molecule has 1 aromatic carbocycles. The predicted molar refractivity (Wildman–Crippen MR) is 81.4 cm³/mol. The summed E-state index contributed by atoms with van der Waals surface area (Å²) in [6.45, 7) is 0. The summed E-state index contributed by atoms with van der Waals surface area (Å²) in [5.41, 5.74) is 1.22. The lowest BCUT2D eigenvalue weighted by molar-refractivity contribution is 0.0783. The van der Waals surface area contributed by atoms with Crippen LogP contribution in [0.5, 0.6) is 0 Å². The number of sulfone groups is 1. The van der Waals surface area contributed by atoms with Crippen LogP contribution in [0.4, 0.5) is 0 Å². The van der Waals surface area contributed by atoms with Gasteiger partial charge >= 0.3 is 0 Å². The molecule has 1 N–H and O–H groups in total. The Kier molecular flexibility index (Phi) is 5.22. The molecule has 4 heteroatoms. The molecule has 0 radical (unpaired) electrons. The van der Waals surface area contributed by atoms with Crippen LogP contribution in [0.1, 0.15) is 37.7 Å². The Labute approximate surface area is 121 Å². The van der Waals surface area contributed by atoms with Crippen molar-refractivity contribution >= 4 is 9.84 Å². The number of hydrogen-bond acceptors (Lipinski definition) is 3. The molecule has 112 valence electrons. The molecule has 3 unspecified atom stereocenters. The highest BCUT2D eigenvalue weighted by atomic mass is 32.2. The fourth-order valence-corrected chi connectivity index (χ4v) is 4.31. The van der Waals surface area contributed by atoms with E-state index in [9.17, 15) is 13.5 Å². The van der Waals surface area contributed by atoms with Gasteiger partial charge < -0.3 is 5.11 Å². The Bertz CT molecular complexity index is 510. The third-order valence-corrected chi connectivity index (χ3v) is 6.03. The average molecular weight is 296 g/mol. The molecule has 0 amide bonds. The van der Waals surface area contributed by atoms with Crippen molar-refractivity contribution in [2.45, 2.75) is 49.9 Å². The number of benzene rings is 1. The van der Waals surface area contributed by atoms with Gasteiger partial charge in [0.2, 0.25) is 0 Å². The maximum Gasteiger partial charge on any atom is 0.150 e. The molecule has 2 rings (SSSR count). The molecule has 0 spiro atoms. The van der Waals surface area contributed by atoms with Gasteiger partial charge in [-0.2, -0.15) is 0 Å². The number of aryl methyl sites for hydroxylation is 1. The molecular weight excluding hydrogens is 272 g/mol. The normalized spacial score (nSPS) is 25.3. The standard InChI is InChI=1S/C16H24O3S/c1-20(18,19)15-9-5-8-14(12-15)16(17)11-10-13-6-3-2-4-7-13/h2-4,6-7,14-17H,5,8-12H2,1H3. The number of aliphatic hydroxyl groups excluding tert-OH is 1. The van der Waals surface area contributed by atoms with Crippen molar-refractivity contribution in [3.8, 4) is 0 Å². The van der Waals surface area contributed by atoms with Crippen molar-refractivity contribution in [1.82, 2.24) is 0 Å². The summed E-state index contributed by atoms with van der Waals surface area (Å²) in [5.74, 6) is 0.132. The van der Waals surface area contributed by atoms with Gasteiger partial charge in [-0.15, -0.1) is 0 Å². The summed E-state index contributed by atoms with van der Waals surface area (Å²) >= 11 is 0. The van der Waals surface area contributed by atoms with Gasteiger partial charge in [0.05, 0.1) is 11.4 Å². The summed E-state index contributed by atoms with van der Waals surface area (Å²) in [6.07, 6.45) is 5.71. The Morgan fingerprint density at radius 1 is 1.25 bits per heavy atom. The zero-order chi connectivity index (χ0) is 14.6. The molecular formula is C16H24O3S. The second kappa shape index (κ2) is 6.72. The van der Waals surface area contributed by atoms with E-state index in [-0.39, 0.29) is 17.3 Å². The van der Waals surface area contributed by atoms with Crippen molar-refractivity contribution in [1.29, 1.82) is 0 Å². The van der Waals surface area contributed by atoms with Crippen LogP contribution in [0.2, 0.25) is 0 Å². The molecule has 0 bridgehead atoms. The Morgan fingerprint density at radius 3 is 2.60 bits per heavy atom. The SMILES string of the molecule is CS(=O)(=O)C1CCCC(C(O)CCc2ccccc2)C1. The summed E-state index contributed by atoms with van der Waals surface area (Å²) in [4.78, 5) is 0. The van der Waals surface area contributed by atoms with Crippen LogP contribution in [-0.2, 0) is 16.3 Å². The Hall–Kier alpha value is -0.870. The summed E-state index contributed by atoms with van der Waals surface area (Å²) in [6, 6.07) is 10.1. The van der Waals surface area contributed by atoms with Crippen LogP contribution >= 0.6 is 0 Å². The highest BCUT2D eigenvalue weighted by Gasteiger charge is 2.32. The maximum absolute atomic E-state index is 11.7. The number of rotatable bonds is 5. The van der Waals surface area contributed by atoms with E-state index in [1.54, 1.807) is 0 Å². The van der Waals surface area contributed by atoms with Crippen molar-refractivity contribution in [2.75, 3.05) is 6.26 Å².